The van der Waals surface area contributed by atoms with Crippen LogP contribution in [-0.2, 0) is 0 Å². The van der Waals surface area contributed by atoms with Gasteiger partial charge in [-0.15, -0.1) is 12.4 Å². The molecule has 0 fully saturated rings. The highest BCUT2D eigenvalue weighted by molar-refractivity contribution is 6.34. The van der Waals surface area contributed by atoms with Crippen molar-refractivity contribution in [2.75, 3.05) is 0 Å². The number of nitrogens with zero attached hydrogens (tertiary/aromatic N) is 1. The molecule has 0 spiro atoms. The fourth-order valence-corrected chi connectivity index (χ4v) is 1.49. The largest absolute Gasteiger partial charge is 0.478 e. The lowest BCUT2D eigenvalue weighted by Gasteiger charge is -2.00. The normalized spacial score (nSPS) is 9.67. The molecular weight excluding hydrogens is 237 g/mol. The summed E-state index contributed by atoms with van der Waals surface area (Å²) in [7, 11) is 0. The molecule has 1 aromatic carbocycles. The van der Waals surface area contributed by atoms with Crippen LogP contribution in [-0.4, -0.2) is 16.1 Å². The molecule has 0 aliphatic heterocycles. The van der Waals surface area contributed by atoms with Crippen molar-refractivity contribution in [2.45, 2.75) is 0 Å². The first-order valence-electron chi connectivity index (χ1n) is 3.96. The van der Waals surface area contributed by atoms with Gasteiger partial charge in [-0.2, -0.15) is 0 Å². The summed E-state index contributed by atoms with van der Waals surface area (Å²) in [5, 5.41) is 10.6. The first-order valence-corrected chi connectivity index (χ1v) is 4.34. The van der Waals surface area contributed by atoms with Crippen LogP contribution in [0.15, 0.2) is 30.5 Å². The third-order valence-electron chi connectivity index (χ3n) is 1.96. The number of pyridine rings is 1. The fraction of sp³-hybridized carbons (Fsp3) is 0. The standard InChI is InChI=1S/C10H6ClNO2.ClH/c11-9-8-5-7(10(13)14)2-1-6(8)3-4-12-9;/h1-5H,(H,13,14);1H. The summed E-state index contributed by atoms with van der Waals surface area (Å²) in [6.07, 6.45) is 1.59. The molecule has 0 radical (unpaired) electrons. The van der Waals surface area contributed by atoms with E-state index in [2.05, 4.69) is 4.98 Å². The van der Waals surface area contributed by atoms with Crippen LogP contribution in [0.3, 0.4) is 0 Å². The highest BCUT2D eigenvalue weighted by Gasteiger charge is 2.05. The minimum absolute atomic E-state index is 0. The molecule has 0 saturated heterocycles. The van der Waals surface area contributed by atoms with Crippen LogP contribution in [0.2, 0.25) is 5.15 Å². The van der Waals surface area contributed by atoms with E-state index < -0.39 is 5.97 Å². The second-order valence-electron chi connectivity index (χ2n) is 2.84. The molecule has 0 bridgehead atoms. The Kier molecular flexibility index (Phi) is 3.50. The Labute approximate surface area is 97.1 Å². The Morgan fingerprint density at radius 1 is 1.33 bits per heavy atom. The number of hydrogen-bond donors (Lipinski definition) is 1. The number of halogens is 2. The van der Waals surface area contributed by atoms with Gasteiger partial charge in [0, 0.05) is 11.6 Å². The molecule has 0 atom stereocenters. The van der Waals surface area contributed by atoms with Crippen molar-refractivity contribution in [3.05, 3.63) is 41.2 Å². The van der Waals surface area contributed by atoms with Crippen molar-refractivity contribution in [3.63, 3.8) is 0 Å². The van der Waals surface area contributed by atoms with E-state index in [1.807, 2.05) is 0 Å². The summed E-state index contributed by atoms with van der Waals surface area (Å²) in [4.78, 5) is 14.6. The van der Waals surface area contributed by atoms with Gasteiger partial charge in [-0.1, -0.05) is 17.7 Å². The van der Waals surface area contributed by atoms with E-state index in [1.54, 1.807) is 24.4 Å². The molecule has 0 unspecified atom stereocenters. The van der Waals surface area contributed by atoms with Crippen LogP contribution < -0.4 is 0 Å². The molecule has 1 aromatic heterocycles. The Morgan fingerprint density at radius 2 is 2.07 bits per heavy atom. The number of carboxylic acids is 1. The van der Waals surface area contributed by atoms with E-state index in [4.69, 9.17) is 16.7 Å². The second-order valence-corrected chi connectivity index (χ2v) is 3.20. The van der Waals surface area contributed by atoms with Crippen LogP contribution >= 0.6 is 24.0 Å². The molecule has 5 heteroatoms. The number of aromatic nitrogens is 1. The third kappa shape index (κ3) is 2.19. The zero-order valence-electron chi connectivity index (χ0n) is 7.48. The zero-order valence-corrected chi connectivity index (χ0v) is 9.05. The van der Waals surface area contributed by atoms with Crippen LogP contribution in [0, 0.1) is 0 Å². The molecular formula is C10H7Cl2NO2. The first kappa shape index (κ1) is 11.8. The molecule has 3 nitrogen and oxygen atoms in total. The van der Waals surface area contributed by atoms with Gasteiger partial charge in [0.25, 0.3) is 0 Å². The SMILES string of the molecule is Cl.O=C(O)c1ccc2ccnc(Cl)c2c1. The third-order valence-corrected chi connectivity index (χ3v) is 2.27. The van der Waals surface area contributed by atoms with E-state index in [0.29, 0.717) is 10.5 Å². The van der Waals surface area contributed by atoms with Gasteiger partial charge in [0.15, 0.2) is 0 Å². The Hall–Kier alpha value is -1.32. The van der Waals surface area contributed by atoms with Gasteiger partial charge in [0.2, 0.25) is 0 Å². The lowest BCUT2D eigenvalue weighted by Crippen LogP contribution is -1.95. The van der Waals surface area contributed by atoms with Gasteiger partial charge in [0.05, 0.1) is 5.56 Å². The fourth-order valence-electron chi connectivity index (χ4n) is 1.27. The maximum Gasteiger partial charge on any atom is 0.335 e. The van der Waals surface area contributed by atoms with Crippen LogP contribution in [0.4, 0.5) is 0 Å². The molecule has 0 aliphatic rings. The predicted molar refractivity (Wildman–Crippen MR) is 61.0 cm³/mol. The lowest BCUT2D eigenvalue weighted by molar-refractivity contribution is 0.0697. The quantitative estimate of drug-likeness (QED) is 0.784. The van der Waals surface area contributed by atoms with E-state index in [9.17, 15) is 4.79 Å². The number of carboxylic acid groups (broad SMARTS) is 1. The summed E-state index contributed by atoms with van der Waals surface area (Å²) in [5.74, 6) is -0.966. The van der Waals surface area contributed by atoms with Crippen LogP contribution in [0.25, 0.3) is 10.8 Å². The Bertz CT molecular complexity index is 514. The van der Waals surface area contributed by atoms with E-state index in [-0.39, 0.29) is 18.0 Å². The number of hydrogen-bond acceptors (Lipinski definition) is 2. The van der Waals surface area contributed by atoms with Crippen molar-refractivity contribution in [3.8, 4) is 0 Å². The average Bonchev–Trinajstić information content (AvgIpc) is 2.18. The van der Waals surface area contributed by atoms with Crippen molar-refractivity contribution in [1.29, 1.82) is 0 Å². The number of rotatable bonds is 1. The monoisotopic (exact) mass is 243 g/mol. The van der Waals surface area contributed by atoms with Crippen molar-refractivity contribution in [1.82, 2.24) is 4.98 Å². The Balaban J connectivity index is 0.00000112. The molecule has 0 amide bonds. The highest BCUT2D eigenvalue weighted by Crippen LogP contribution is 2.21. The maximum atomic E-state index is 10.7. The predicted octanol–water partition coefficient (Wildman–Crippen LogP) is 3.01. The van der Waals surface area contributed by atoms with Gasteiger partial charge in [-0.25, -0.2) is 9.78 Å². The number of fused-ring (bicyclic) bond motifs is 1. The summed E-state index contributed by atoms with van der Waals surface area (Å²) in [6.45, 7) is 0. The highest BCUT2D eigenvalue weighted by atomic mass is 35.5. The minimum atomic E-state index is -0.966. The molecule has 0 aliphatic carbocycles. The summed E-state index contributed by atoms with van der Waals surface area (Å²) < 4.78 is 0. The molecule has 1 N–H and O–H groups in total. The first-order chi connectivity index (χ1) is 6.68. The van der Waals surface area contributed by atoms with Crippen molar-refractivity contribution >= 4 is 40.7 Å². The molecule has 1 heterocycles. The lowest BCUT2D eigenvalue weighted by atomic mass is 10.1. The molecule has 0 saturated carbocycles. The van der Waals surface area contributed by atoms with Gasteiger partial charge < -0.3 is 5.11 Å². The van der Waals surface area contributed by atoms with E-state index in [1.165, 1.54) is 6.07 Å². The van der Waals surface area contributed by atoms with Gasteiger partial charge in [-0.05, 0) is 23.6 Å². The second kappa shape index (κ2) is 4.47. The summed E-state index contributed by atoms with van der Waals surface area (Å²) in [6, 6.07) is 6.56. The minimum Gasteiger partial charge on any atom is -0.478 e. The van der Waals surface area contributed by atoms with Gasteiger partial charge >= 0.3 is 5.97 Å². The van der Waals surface area contributed by atoms with E-state index in [0.717, 1.165) is 5.39 Å². The van der Waals surface area contributed by atoms with Crippen LogP contribution in [0.1, 0.15) is 10.4 Å². The number of benzene rings is 1. The zero-order chi connectivity index (χ0) is 10.1. The molecule has 2 rings (SSSR count). The summed E-state index contributed by atoms with van der Waals surface area (Å²) >= 11 is 5.83. The van der Waals surface area contributed by atoms with Crippen molar-refractivity contribution < 1.29 is 9.90 Å². The number of carbonyl (C=O) groups is 1. The van der Waals surface area contributed by atoms with Gasteiger partial charge in [0.1, 0.15) is 5.15 Å². The molecule has 2 aromatic rings. The summed E-state index contributed by atoms with van der Waals surface area (Å²) in [5.41, 5.74) is 0.215. The smallest absolute Gasteiger partial charge is 0.335 e. The molecule has 78 valence electrons. The maximum absolute atomic E-state index is 10.7. The average molecular weight is 244 g/mol. The van der Waals surface area contributed by atoms with E-state index >= 15 is 0 Å². The topological polar surface area (TPSA) is 50.2 Å². The number of aromatic carboxylic acids is 1. The van der Waals surface area contributed by atoms with Crippen LogP contribution in [0.5, 0.6) is 0 Å². The van der Waals surface area contributed by atoms with Crippen molar-refractivity contribution in [2.24, 2.45) is 0 Å². The Morgan fingerprint density at radius 3 is 2.73 bits per heavy atom. The van der Waals surface area contributed by atoms with Gasteiger partial charge in [-0.3, -0.25) is 0 Å². The molecule has 15 heavy (non-hydrogen) atoms.